The molecule has 0 bridgehead atoms. The van der Waals surface area contributed by atoms with Crippen molar-refractivity contribution in [1.82, 2.24) is 14.4 Å². The number of benzene rings is 1. The van der Waals surface area contributed by atoms with Crippen molar-refractivity contribution in [2.24, 2.45) is 0 Å². The van der Waals surface area contributed by atoms with Gasteiger partial charge in [-0.25, -0.2) is 14.8 Å². The quantitative estimate of drug-likeness (QED) is 0.111. The fourth-order valence-corrected chi connectivity index (χ4v) is 5.65. The van der Waals surface area contributed by atoms with E-state index in [-0.39, 0.29) is 27.9 Å². The summed E-state index contributed by atoms with van der Waals surface area (Å²) >= 11 is 7.04. The normalized spacial score (nSPS) is 16.7. The van der Waals surface area contributed by atoms with E-state index in [1.54, 1.807) is 38.1 Å². The van der Waals surface area contributed by atoms with Crippen molar-refractivity contribution in [3.63, 3.8) is 0 Å². The first-order valence-corrected chi connectivity index (χ1v) is 13.1. The predicted molar refractivity (Wildman–Crippen MR) is 148 cm³/mol. The first-order valence-electron chi connectivity index (χ1n) is 11.9. The van der Waals surface area contributed by atoms with Gasteiger partial charge in [-0.2, -0.15) is 0 Å². The van der Waals surface area contributed by atoms with E-state index in [4.69, 9.17) is 16.3 Å². The molecule has 0 radical (unpaired) electrons. The smallest absolute Gasteiger partial charge is 0.350 e. The van der Waals surface area contributed by atoms with Crippen LogP contribution in [0.5, 0.6) is 0 Å². The SMILES string of the molecule is C=CCOC(=O)c1sc(N2C(=O)C(=O)C(=C(O)c3nc4c(C)cccn4c3C)C2c2ccc(Cl)cc2)nc1C. The van der Waals surface area contributed by atoms with Gasteiger partial charge in [0, 0.05) is 11.2 Å². The maximum atomic E-state index is 13.5. The number of amides is 1. The van der Waals surface area contributed by atoms with Crippen LogP contribution in [-0.2, 0) is 14.3 Å². The molecule has 9 nitrogen and oxygen atoms in total. The number of esters is 1. The lowest BCUT2D eigenvalue weighted by Gasteiger charge is -2.22. The summed E-state index contributed by atoms with van der Waals surface area (Å²) in [5.41, 5.74) is 2.99. The second-order valence-electron chi connectivity index (χ2n) is 8.95. The van der Waals surface area contributed by atoms with Gasteiger partial charge in [0.15, 0.2) is 10.9 Å². The molecule has 1 aliphatic rings. The van der Waals surface area contributed by atoms with E-state index >= 15 is 0 Å². The number of halogens is 1. The number of ether oxygens (including phenoxy) is 1. The van der Waals surface area contributed by atoms with Gasteiger partial charge in [0.25, 0.3) is 5.78 Å². The lowest BCUT2D eigenvalue weighted by atomic mass is 9.96. The van der Waals surface area contributed by atoms with Gasteiger partial charge in [-0.15, -0.1) is 0 Å². The number of aliphatic hydroxyl groups excluding tert-OH is 1. The summed E-state index contributed by atoms with van der Waals surface area (Å²) in [6, 6.07) is 9.29. The Bertz CT molecular complexity index is 1700. The third kappa shape index (κ3) is 4.41. The molecule has 11 heteroatoms. The number of thiazole rings is 1. The molecule has 1 saturated heterocycles. The van der Waals surface area contributed by atoms with E-state index in [9.17, 15) is 19.5 Å². The molecule has 0 spiro atoms. The van der Waals surface area contributed by atoms with Crippen molar-refractivity contribution in [2.75, 3.05) is 11.5 Å². The molecule has 0 aliphatic carbocycles. The molecule has 1 amide bonds. The highest BCUT2D eigenvalue weighted by Crippen LogP contribution is 2.44. The number of hydrogen-bond donors (Lipinski definition) is 1. The molecule has 1 aliphatic heterocycles. The number of anilines is 1. The molecule has 1 aromatic carbocycles. The lowest BCUT2D eigenvalue weighted by molar-refractivity contribution is -0.132. The molecule has 4 aromatic rings. The van der Waals surface area contributed by atoms with Crippen LogP contribution in [0.1, 0.15) is 43.9 Å². The minimum absolute atomic E-state index is 0.0125. The van der Waals surface area contributed by atoms with Crippen LogP contribution in [0.15, 0.2) is 60.8 Å². The Balaban J connectivity index is 1.71. The van der Waals surface area contributed by atoms with Gasteiger partial charge < -0.3 is 14.2 Å². The van der Waals surface area contributed by atoms with Crippen molar-refractivity contribution < 1.29 is 24.2 Å². The molecule has 1 N–H and O–H groups in total. The van der Waals surface area contributed by atoms with Crippen molar-refractivity contribution in [2.45, 2.75) is 26.8 Å². The molecular weight excluding hydrogens is 540 g/mol. The molecule has 1 unspecified atom stereocenters. The zero-order valence-electron chi connectivity index (χ0n) is 21.3. The lowest BCUT2D eigenvalue weighted by Crippen LogP contribution is -2.29. The van der Waals surface area contributed by atoms with Crippen LogP contribution in [0.25, 0.3) is 11.4 Å². The number of imidazole rings is 1. The number of ketones is 1. The van der Waals surface area contributed by atoms with Gasteiger partial charge in [-0.05, 0) is 50.1 Å². The summed E-state index contributed by atoms with van der Waals surface area (Å²) in [5, 5.41) is 12.1. The van der Waals surface area contributed by atoms with Gasteiger partial charge in [0.05, 0.1) is 23.0 Å². The fraction of sp³-hybridized carbons (Fsp3) is 0.179. The number of Topliss-reactive ketones (excluding diaryl/α,β-unsaturated/α-hetero) is 1. The predicted octanol–water partition coefficient (Wildman–Crippen LogP) is 5.34. The summed E-state index contributed by atoms with van der Waals surface area (Å²) in [6.07, 6.45) is 3.25. The van der Waals surface area contributed by atoms with Crippen LogP contribution >= 0.6 is 22.9 Å². The third-order valence-corrected chi connectivity index (χ3v) is 7.84. The zero-order valence-corrected chi connectivity index (χ0v) is 22.8. The van der Waals surface area contributed by atoms with E-state index in [0.717, 1.165) is 16.9 Å². The highest BCUT2D eigenvalue weighted by atomic mass is 35.5. The number of carbonyl (C=O) groups excluding carboxylic acids is 3. The Kier molecular flexibility index (Phi) is 6.83. The fourth-order valence-electron chi connectivity index (χ4n) is 4.54. The van der Waals surface area contributed by atoms with Gasteiger partial charge in [0.1, 0.15) is 22.8 Å². The Labute approximate surface area is 232 Å². The molecular formula is C28H23ClN4O5S. The molecule has 0 saturated carbocycles. The van der Waals surface area contributed by atoms with Gasteiger partial charge in [-0.1, -0.05) is 53.8 Å². The number of pyridine rings is 1. The van der Waals surface area contributed by atoms with Crippen LogP contribution in [0.3, 0.4) is 0 Å². The van der Waals surface area contributed by atoms with Crippen molar-refractivity contribution in [1.29, 1.82) is 0 Å². The van der Waals surface area contributed by atoms with Crippen LogP contribution < -0.4 is 4.90 Å². The molecule has 1 fully saturated rings. The summed E-state index contributed by atoms with van der Waals surface area (Å²) in [6.45, 7) is 8.82. The Morgan fingerprint density at radius 1 is 1.18 bits per heavy atom. The number of nitrogens with zero attached hydrogens (tertiary/aromatic N) is 4. The highest BCUT2D eigenvalue weighted by Gasteiger charge is 2.49. The average Bonchev–Trinajstić information content (AvgIpc) is 3.55. The van der Waals surface area contributed by atoms with E-state index in [2.05, 4.69) is 16.5 Å². The molecule has 198 valence electrons. The third-order valence-electron chi connectivity index (χ3n) is 6.45. The standard InChI is InChI=1S/C28H23ClN4O5S/c1-5-13-38-27(37)24-15(3)30-28(39-24)33-21(17-8-10-18(29)11-9-17)19(23(35)26(33)36)22(34)20-16(4)32-12-6-7-14(2)25(32)31-20/h5-12,21,34H,1,13H2,2-4H3. The first-order chi connectivity index (χ1) is 18.6. The molecule has 1 atom stereocenters. The monoisotopic (exact) mass is 562 g/mol. The van der Waals surface area contributed by atoms with Gasteiger partial charge in [-0.3, -0.25) is 14.5 Å². The molecule has 39 heavy (non-hydrogen) atoms. The topological polar surface area (TPSA) is 114 Å². The number of fused-ring (bicyclic) bond motifs is 1. The summed E-state index contributed by atoms with van der Waals surface area (Å²) < 4.78 is 6.95. The number of carbonyl (C=O) groups is 3. The summed E-state index contributed by atoms with van der Waals surface area (Å²) in [4.78, 5) is 50.0. The highest BCUT2D eigenvalue weighted by molar-refractivity contribution is 7.17. The van der Waals surface area contributed by atoms with Crippen LogP contribution in [0.2, 0.25) is 5.02 Å². The van der Waals surface area contributed by atoms with Crippen LogP contribution in [0, 0.1) is 20.8 Å². The Morgan fingerprint density at radius 3 is 2.56 bits per heavy atom. The Hall–Kier alpha value is -4.28. The minimum atomic E-state index is -1.05. The minimum Gasteiger partial charge on any atom is -0.505 e. The summed E-state index contributed by atoms with van der Waals surface area (Å²) in [5.74, 6) is -2.82. The molecule has 3 aromatic heterocycles. The Morgan fingerprint density at radius 2 is 1.90 bits per heavy atom. The van der Waals surface area contributed by atoms with Crippen molar-refractivity contribution >= 4 is 57.1 Å². The number of rotatable bonds is 6. The maximum Gasteiger partial charge on any atom is 0.350 e. The van der Waals surface area contributed by atoms with E-state index in [1.165, 1.54) is 11.0 Å². The summed E-state index contributed by atoms with van der Waals surface area (Å²) in [7, 11) is 0. The largest absolute Gasteiger partial charge is 0.505 e. The molecule has 5 rings (SSSR count). The maximum absolute atomic E-state index is 13.5. The first kappa shape index (κ1) is 26.3. The number of hydrogen-bond acceptors (Lipinski definition) is 8. The zero-order chi connectivity index (χ0) is 28.0. The van der Waals surface area contributed by atoms with Gasteiger partial charge >= 0.3 is 11.9 Å². The van der Waals surface area contributed by atoms with Crippen molar-refractivity contribution in [3.8, 4) is 0 Å². The van der Waals surface area contributed by atoms with E-state index in [1.807, 2.05) is 29.7 Å². The number of aryl methyl sites for hydroxylation is 3. The van der Waals surface area contributed by atoms with Crippen LogP contribution in [-0.4, -0.2) is 43.7 Å². The van der Waals surface area contributed by atoms with E-state index in [0.29, 0.717) is 27.6 Å². The van der Waals surface area contributed by atoms with Gasteiger partial charge in [0.2, 0.25) is 0 Å². The van der Waals surface area contributed by atoms with Crippen molar-refractivity contribution in [3.05, 3.63) is 98.9 Å². The van der Waals surface area contributed by atoms with E-state index < -0.39 is 29.5 Å². The average molecular weight is 563 g/mol. The second kappa shape index (κ2) is 10.1. The second-order valence-corrected chi connectivity index (χ2v) is 10.4. The number of aliphatic hydroxyl groups is 1. The van der Waals surface area contributed by atoms with Crippen LogP contribution in [0.4, 0.5) is 5.13 Å². The molecule has 4 heterocycles. The number of aromatic nitrogens is 3.